The fraction of sp³-hybridized carbons (Fsp3) is 0.826. The SMILES string of the molecule is C=CCC(OC1CCCCC1)C(=O)O.CCCCCCCCCC(C)C=O. The summed E-state index contributed by atoms with van der Waals surface area (Å²) in [5.74, 6) is -0.605. The Morgan fingerprint density at radius 2 is 1.70 bits per heavy atom. The molecule has 0 aromatic carbocycles. The van der Waals surface area contributed by atoms with Crippen molar-refractivity contribution >= 4 is 12.3 Å². The Morgan fingerprint density at radius 3 is 2.22 bits per heavy atom. The van der Waals surface area contributed by atoms with Crippen molar-refractivity contribution in [2.24, 2.45) is 5.92 Å². The number of carboxylic acids is 1. The molecule has 0 aromatic heterocycles. The Hall–Kier alpha value is -1.16. The lowest BCUT2D eigenvalue weighted by Crippen LogP contribution is -2.30. The molecule has 0 saturated heterocycles. The normalized spacial score (nSPS) is 16.7. The number of hydrogen-bond acceptors (Lipinski definition) is 3. The lowest BCUT2D eigenvalue weighted by molar-refractivity contribution is -0.155. The van der Waals surface area contributed by atoms with Gasteiger partial charge in [0.2, 0.25) is 0 Å². The maximum absolute atomic E-state index is 10.8. The first kappa shape index (κ1) is 25.8. The molecule has 0 heterocycles. The topological polar surface area (TPSA) is 63.6 Å². The highest BCUT2D eigenvalue weighted by molar-refractivity contribution is 5.72. The number of ether oxygens (including phenoxy) is 1. The number of carboxylic acid groups (broad SMARTS) is 1. The fourth-order valence-corrected chi connectivity index (χ4v) is 3.29. The molecule has 1 fully saturated rings. The van der Waals surface area contributed by atoms with Crippen LogP contribution in [0.2, 0.25) is 0 Å². The summed E-state index contributed by atoms with van der Waals surface area (Å²) >= 11 is 0. The van der Waals surface area contributed by atoms with Crippen LogP contribution in [0.3, 0.4) is 0 Å². The van der Waals surface area contributed by atoms with Crippen molar-refractivity contribution in [1.29, 1.82) is 0 Å². The average molecular weight is 383 g/mol. The summed E-state index contributed by atoms with van der Waals surface area (Å²) < 4.78 is 5.52. The second kappa shape index (κ2) is 18.2. The molecule has 0 aromatic rings. The van der Waals surface area contributed by atoms with Gasteiger partial charge < -0.3 is 14.6 Å². The van der Waals surface area contributed by atoms with Crippen LogP contribution in [0.5, 0.6) is 0 Å². The van der Waals surface area contributed by atoms with Crippen LogP contribution in [-0.4, -0.2) is 29.6 Å². The summed E-state index contributed by atoms with van der Waals surface area (Å²) in [5.41, 5.74) is 0. The van der Waals surface area contributed by atoms with Crippen molar-refractivity contribution in [2.75, 3.05) is 0 Å². The number of hydrogen-bond donors (Lipinski definition) is 1. The largest absolute Gasteiger partial charge is 0.479 e. The van der Waals surface area contributed by atoms with E-state index in [4.69, 9.17) is 9.84 Å². The minimum Gasteiger partial charge on any atom is -0.479 e. The first-order chi connectivity index (χ1) is 13.0. The second-order valence-electron chi connectivity index (χ2n) is 7.77. The van der Waals surface area contributed by atoms with E-state index in [1.54, 1.807) is 6.08 Å². The van der Waals surface area contributed by atoms with Gasteiger partial charge in [0.1, 0.15) is 6.29 Å². The summed E-state index contributed by atoms with van der Waals surface area (Å²) in [6, 6.07) is 0. The second-order valence-corrected chi connectivity index (χ2v) is 7.77. The zero-order valence-corrected chi connectivity index (χ0v) is 17.7. The standard InChI is InChI=1S/C12H24O.C11H18O3/c1-3-4-5-6-7-8-9-10-12(2)11-13;1-2-6-10(11(12)13)14-9-7-4-3-5-8-9/h11-12H,3-10H2,1-2H3;2,9-10H,1,3-8H2,(H,12,13). The Morgan fingerprint density at radius 1 is 1.11 bits per heavy atom. The van der Waals surface area contributed by atoms with Crippen molar-refractivity contribution in [3.63, 3.8) is 0 Å². The molecule has 0 spiro atoms. The molecule has 1 aliphatic rings. The molecule has 2 atom stereocenters. The molecule has 158 valence electrons. The highest BCUT2D eigenvalue weighted by Crippen LogP contribution is 2.22. The van der Waals surface area contributed by atoms with Crippen molar-refractivity contribution in [3.8, 4) is 0 Å². The third-order valence-corrected chi connectivity index (χ3v) is 5.06. The molecule has 0 bridgehead atoms. The minimum absolute atomic E-state index is 0.143. The van der Waals surface area contributed by atoms with Crippen LogP contribution in [0.25, 0.3) is 0 Å². The molecule has 4 nitrogen and oxygen atoms in total. The van der Waals surface area contributed by atoms with Crippen molar-refractivity contribution in [3.05, 3.63) is 12.7 Å². The van der Waals surface area contributed by atoms with E-state index >= 15 is 0 Å². The molecule has 1 N–H and O–H groups in total. The van der Waals surface area contributed by atoms with Gasteiger partial charge in [-0.2, -0.15) is 0 Å². The van der Waals surface area contributed by atoms with Crippen LogP contribution < -0.4 is 0 Å². The number of aliphatic carboxylic acids is 1. The number of aldehydes is 1. The molecule has 4 heteroatoms. The van der Waals surface area contributed by atoms with Gasteiger partial charge in [-0.25, -0.2) is 4.79 Å². The zero-order valence-electron chi connectivity index (χ0n) is 17.7. The smallest absolute Gasteiger partial charge is 0.333 e. The van der Waals surface area contributed by atoms with Crippen LogP contribution in [0.4, 0.5) is 0 Å². The van der Waals surface area contributed by atoms with Gasteiger partial charge in [0.05, 0.1) is 6.10 Å². The Balaban J connectivity index is 0.000000503. The fourth-order valence-electron chi connectivity index (χ4n) is 3.29. The molecule has 27 heavy (non-hydrogen) atoms. The quantitative estimate of drug-likeness (QED) is 0.217. The molecule has 1 rings (SSSR count). The van der Waals surface area contributed by atoms with Crippen LogP contribution in [-0.2, 0) is 14.3 Å². The van der Waals surface area contributed by atoms with Crippen molar-refractivity contribution in [1.82, 2.24) is 0 Å². The van der Waals surface area contributed by atoms with E-state index in [1.165, 1.54) is 51.4 Å². The van der Waals surface area contributed by atoms with Gasteiger partial charge >= 0.3 is 5.97 Å². The van der Waals surface area contributed by atoms with Gasteiger partial charge in [-0.05, 0) is 19.3 Å². The predicted octanol–water partition coefficient (Wildman–Crippen LogP) is 6.33. The number of carbonyl (C=O) groups is 2. The van der Waals surface area contributed by atoms with E-state index in [0.717, 1.165) is 38.4 Å². The third kappa shape index (κ3) is 15.6. The van der Waals surface area contributed by atoms with Crippen molar-refractivity contribution < 1.29 is 19.4 Å². The van der Waals surface area contributed by atoms with E-state index < -0.39 is 12.1 Å². The maximum atomic E-state index is 10.8. The summed E-state index contributed by atoms with van der Waals surface area (Å²) in [4.78, 5) is 21.1. The molecule has 1 saturated carbocycles. The van der Waals surface area contributed by atoms with Gasteiger partial charge in [0, 0.05) is 12.3 Å². The number of rotatable bonds is 14. The van der Waals surface area contributed by atoms with Crippen LogP contribution in [0.15, 0.2) is 12.7 Å². The lowest BCUT2D eigenvalue weighted by Gasteiger charge is -2.25. The third-order valence-electron chi connectivity index (χ3n) is 5.06. The summed E-state index contributed by atoms with van der Waals surface area (Å²) in [5, 5.41) is 8.86. The monoisotopic (exact) mass is 382 g/mol. The zero-order chi connectivity index (χ0) is 20.3. The van der Waals surface area contributed by atoms with Gasteiger partial charge in [-0.15, -0.1) is 6.58 Å². The number of carbonyl (C=O) groups excluding carboxylic acids is 1. The highest BCUT2D eigenvalue weighted by Gasteiger charge is 2.22. The van der Waals surface area contributed by atoms with E-state index in [0.29, 0.717) is 6.42 Å². The summed E-state index contributed by atoms with van der Waals surface area (Å²) in [7, 11) is 0. The molecule has 2 unspecified atom stereocenters. The van der Waals surface area contributed by atoms with Crippen LogP contribution in [0.1, 0.15) is 104 Å². The van der Waals surface area contributed by atoms with E-state index in [1.807, 2.05) is 6.92 Å². The van der Waals surface area contributed by atoms with Gasteiger partial charge in [-0.1, -0.05) is 84.1 Å². The first-order valence-corrected chi connectivity index (χ1v) is 11.0. The van der Waals surface area contributed by atoms with Crippen LogP contribution >= 0.6 is 0 Å². The van der Waals surface area contributed by atoms with E-state index in [-0.39, 0.29) is 12.0 Å². The maximum Gasteiger partial charge on any atom is 0.333 e. The Bertz CT molecular complexity index is 375. The van der Waals surface area contributed by atoms with Gasteiger partial charge in [0.25, 0.3) is 0 Å². The Kier molecular flexibility index (Phi) is 17.4. The summed E-state index contributed by atoms with van der Waals surface area (Å²) in [6.45, 7) is 7.78. The highest BCUT2D eigenvalue weighted by atomic mass is 16.5. The average Bonchev–Trinajstić information content (AvgIpc) is 2.68. The molecule has 0 radical (unpaired) electrons. The minimum atomic E-state index is -0.879. The first-order valence-electron chi connectivity index (χ1n) is 11.0. The van der Waals surface area contributed by atoms with Gasteiger partial charge in [0.15, 0.2) is 6.10 Å². The lowest BCUT2D eigenvalue weighted by atomic mass is 9.97. The molecule has 0 aliphatic heterocycles. The Labute approximate surface area is 166 Å². The van der Waals surface area contributed by atoms with Crippen molar-refractivity contribution in [2.45, 2.75) is 116 Å². The van der Waals surface area contributed by atoms with E-state index in [9.17, 15) is 9.59 Å². The molecule has 0 amide bonds. The molecular weight excluding hydrogens is 340 g/mol. The molecule has 1 aliphatic carbocycles. The summed E-state index contributed by atoms with van der Waals surface area (Å²) in [6.07, 6.45) is 18.5. The van der Waals surface area contributed by atoms with Crippen LogP contribution in [0, 0.1) is 5.92 Å². The predicted molar refractivity (Wildman–Crippen MR) is 112 cm³/mol. The number of unbranched alkanes of at least 4 members (excludes halogenated alkanes) is 6. The van der Waals surface area contributed by atoms with E-state index in [2.05, 4.69) is 13.5 Å². The molecular formula is C23H42O4. The van der Waals surface area contributed by atoms with Gasteiger partial charge in [-0.3, -0.25) is 0 Å².